The monoisotopic (exact) mass is 392 g/mol. The Balaban J connectivity index is 1.77. The number of nitro groups is 1. The molecule has 28 heavy (non-hydrogen) atoms. The van der Waals surface area contributed by atoms with Crippen LogP contribution in [0.25, 0.3) is 5.76 Å². The summed E-state index contributed by atoms with van der Waals surface area (Å²) in [5, 5.41) is 12.9. The second-order valence-electron chi connectivity index (χ2n) is 6.37. The van der Waals surface area contributed by atoms with E-state index in [1.165, 1.54) is 28.4 Å². The maximum atomic E-state index is 12.9. The van der Waals surface area contributed by atoms with Crippen molar-refractivity contribution in [3.8, 4) is 0 Å². The van der Waals surface area contributed by atoms with E-state index in [2.05, 4.69) is 0 Å². The van der Waals surface area contributed by atoms with Gasteiger partial charge in [0.15, 0.2) is 0 Å². The quantitative estimate of drug-likeness (QED) is 0.421. The third kappa shape index (κ3) is 3.39. The minimum atomic E-state index is -0.523. The summed E-state index contributed by atoms with van der Waals surface area (Å²) in [5.74, 6) is 0.501. The molecule has 4 rings (SSSR count). The van der Waals surface area contributed by atoms with Gasteiger partial charge in [0.1, 0.15) is 5.76 Å². The highest BCUT2D eigenvalue weighted by molar-refractivity contribution is 7.10. The van der Waals surface area contributed by atoms with Gasteiger partial charge in [0.05, 0.1) is 11.0 Å². The number of non-ortho nitro benzene ring substituents is 1. The van der Waals surface area contributed by atoms with Crippen molar-refractivity contribution in [2.24, 2.45) is 0 Å². The van der Waals surface area contributed by atoms with Gasteiger partial charge in [-0.25, -0.2) is 4.79 Å². The summed E-state index contributed by atoms with van der Waals surface area (Å²) in [4.78, 5) is 25.8. The minimum absolute atomic E-state index is 0.0299. The van der Waals surface area contributed by atoms with Gasteiger partial charge < -0.3 is 4.74 Å². The van der Waals surface area contributed by atoms with Gasteiger partial charge >= 0.3 is 6.09 Å². The first-order valence-electron chi connectivity index (χ1n) is 8.61. The number of ether oxygens (including phenoxy) is 1. The average Bonchev–Trinajstić information content (AvgIpc) is 3.23. The fraction of sp³-hybridized carbons (Fsp3) is 0.0952. The highest BCUT2D eigenvalue weighted by Gasteiger charge is 2.33. The van der Waals surface area contributed by atoms with E-state index in [1.54, 1.807) is 12.1 Å². The molecule has 1 atom stereocenters. The molecule has 2 heterocycles. The largest absolute Gasteiger partial charge is 0.420 e. The Labute approximate surface area is 165 Å². The number of thiophene rings is 1. The number of nitro benzene ring substituents is 1. The van der Waals surface area contributed by atoms with E-state index in [4.69, 9.17) is 4.74 Å². The predicted octanol–water partition coefficient (Wildman–Crippen LogP) is 5.70. The summed E-state index contributed by atoms with van der Waals surface area (Å²) in [7, 11) is 0. The van der Waals surface area contributed by atoms with E-state index in [9.17, 15) is 14.9 Å². The first kappa shape index (κ1) is 17.9. The van der Waals surface area contributed by atoms with Crippen LogP contribution in [0.5, 0.6) is 0 Å². The molecule has 0 fully saturated rings. The van der Waals surface area contributed by atoms with Crippen molar-refractivity contribution in [3.63, 3.8) is 0 Å². The van der Waals surface area contributed by atoms with Gasteiger partial charge in [0.25, 0.3) is 5.69 Å². The Bertz CT molecular complexity index is 1040. The lowest BCUT2D eigenvalue weighted by atomic mass is 10.1. The van der Waals surface area contributed by atoms with Crippen molar-refractivity contribution in [1.29, 1.82) is 0 Å². The lowest BCUT2D eigenvalue weighted by Gasteiger charge is -2.33. The lowest BCUT2D eigenvalue weighted by molar-refractivity contribution is -0.384. The topological polar surface area (TPSA) is 72.7 Å². The molecular weight excluding hydrogens is 376 g/mol. The van der Waals surface area contributed by atoms with Crippen molar-refractivity contribution < 1.29 is 14.5 Å². The number of carbonyl (C=O) groups is 1. The zero-order valence-electron chi connectivity index (χ0n) is 14.9. The number of hydrogen-bond donors (Lipinski definition) is 0. The second-order valence-corrected chi connectivity index (χ2v) is 7.35. The molecule has 7 heteroatoms. The van der Waals surface area contributed by atoms with Gasteiger partial charge in [0, 0.05) is 28.3 Å². The average molecular weight is 392 g/mol. The maximum Gasteiger partial charge on any atom is 0.420 e. The normalized spacial score (nSPS) is 16.5. The number of anilines is 1. The lowest BCUT2D eigenvalue weighted by Crippen LogP contribution is -2.37. The molecule has 1 aliphatic heterocycles. The first-order valence-corrected chi connectivity index (χ1v) is 9.48. The third-order valence-corrected chi connectivity index (χ3v) is 5.43. The fourth-order valence-corrected chi connectivity index (χ4v) is 3.84. The molecular formula is C21H16N2O4S. The molecule has 140 valence electrons. The molecule has 1 aliphatic rings. The zero-order valence-corrected chi connectivity index (χ0v) is 15.8. The summed E-state index contributed by atoms with van der Waals surface area (Å²) in [6.07, 6.45) is 1.38. The number of carbonyl (C=O) groups excluding carboxylic acids is 1. The number of hydrogen-bond acceptors (Lipinski definition) is 5. The zero-order chi connectivity index (χ0) is 19.7. The number of nitrogens with zero attached hydrogens (tertiary/aromatic N) is 2. The van der Waals surface area contributed by atoms with E-state index in [1.807, 2.05) is 54.8 Å². The van der Waals surface area contributed by atoms with Crippen molar-refractivity contribution in [1.82, 2.24) is 0 Å². The van der Waals surface area contributed by atoms with E-state index >= 15 is 0 Å². The molecule has 3 aromatic rings. The number of benzene rings is 2. The number of rotatable bonds is 4. The van der Waals surface area contributed by atoms with Crippen LogP contribution in [0.3, 0.4) is 0 Å². The van der Waals surface area contributed by atoms with Crippen LogP contribution >= 0.6 is 11.3 Å². The Hall–Kier alpha value is -3.45. The molecule has 0 spiro atoms. The summed E-state index contributed by atoms with van der Waals surface area (Å²) in [5.41, 5.74) is 2.45. The van der Waals surface area contributed by atoms with E-state index in [-0.39, 0.29) is 11.7 Å². The molecule has 1 aromatic heterocycles. The van der Waals surface area contributed by atoms with Crippen LogP contribution in [0.1, 0.15) is 22.0 Å². The molecule has 0 saturated heterocycles. The van der Waals surface area contributed by atoms with Gasteiger partial charge in [-0.15, -0.1) is 11.3 Å². The summed E-state index contributed by atoms with van der Waals surface area (Å²) >= 11 is 1.54. The van der Waals surface area contributed by atoms with E-state index in [0.29, 0.717) is 11.4 Å². The molecule has 2 aromatic carbocycles. The van der Waals surface area contributed by atoms with Gasteiger partial charge in [0.2, 0.25) is 0 Å². The molecule has 0 N–H and O–H groups in total. The van der Waals surface area contributed by atoms with Gasteiger partial charge in [-0.3, -0.25) is 15.0 Å². The molecule has 0 bridgehead atoms. The number of cyclic esters (lactones) is 1. The van der Waals surface area contributed by atoms with Crippen LogP contribution in [-0.4, -0.2) is 11.0 Å². The van der Waals surface area contributed by atoms with Crippen LogP contribution in [0.2, 0.25) is 0 Å². The molecule has 0 saturated carbocycles. The Morgan fingerprint density at radius 2 is 1.79 bits per heavy atom. The SMILES string of the molecule is Cc1ccc(C2=CC(c3cccs3)N(c3ccc([N+](=O)[O-])cc3)C(=O)O2)cc1. The highest BCUT2D eigenvalue weighted by atomic mass is 32.1. The van der Waals surface area contributed by atoms with Crippen molar-refractivity contribution in [3.05, 3.63) is 98.2 Å². The van der Waals surface area contributed by atoms with Crippen molar-refractivity contribution >= 4 is 34.6 Å². The van der Waals surface area contributed by atoms with Crippen LogP contribution in [0.15, 0.2) is 72.1 Å². The maximum absolute atomic E-state index is 12.9. The fourth-order valence-electron chi connectivity index (χ4n) is 3.05. The van der Waals surface area contributed by atoms with Crippen molar-refractivity contribution in [2.75, 3.05) is 4.90 Å². The number of amides is 1. The Morgan fingerprint density at radius 3 is 2.39 bits per heavy atom. The van der Waals surface area contributed by atoms with Crippen LogP contribution in [0, 0.1) is 17.0 Å². The van der Waals surface area contributed by atoms with Gasteiger partial charge in [-0.2, -0.15) is 0 Å². The molecule has 1 amide bonds. The highest BCUT2D eigenvalue weighted by Crippen LogP contribution is 2.38. The van der Waals surface area contributed by atoms with Crippen molar-refractivity contribution in [2.45, 2.75) is 13.0 Å². The Kier molecular flexibility index (Phi) is 4.67. The second kappa shape index (κ2) is 7.28. The number of aryl methyl sites for hydroxylation is 1. The minimum Gasteiger partial charge on any atom is -0.410 e. The molecule has 0 radical (unpaired) electrons. The smallest absolute Gasteiger partial charge is 0.410 e. The summed E-state index contributed by atoms with van der Waals surface area (Å²) in [6, 6.07) is 17.2. The van der Waals surface area contributed by atoms with E-state index in [0.717, 1.165) is 16.0 Å². The van der Waals surface area contributed by atoms with Crippen LogP contribution < -0.4 is 4.90 Å². The standard InChI is InChI=1S/C21H16N2O4S/c1-14-4-6-15(7-5-14)19-13-18(20-3-2-12-28-20)22(21(24)27-19)16-8-10-17(11-9-16)23(25)26/h2-13,18H,1H3. The third-order valence-electron chi connectivity index (χ3n) is 4.49. The Morgan fingerprint density at radius 1 is 1.07 bits per heavy atom. The summed E-state index contributed by atoms with van der Waals surface area (Å²) in [6.45, 7) is 2.00. The van der Waals surface area contributed by atoms with E-state index < -0.39 is 11.0 Å². The predicted molar refractivity (Wildman–Crippen MR) is 108 cm³/mol. The molecule has 1 unspecified atom stereocenters. The molecule has 0 aliphatic carbocycles. The first-order chi connectivity index (χ1) is 13.5. The van der Waals surface area contributed by atoms with Gasteiger partial charge in [-0.1, -0.05) is 35.9 Å². The van der Waals surface area contributed by atoms with Gasteiger partial charge in [-0.05, 0) is 36.6 Å². The summed E-state index contributed by atoms with van der Waals surface area (Å²) < 4.78 is 5.60. The van der Waals surface area contributed by atoms with Crippen LogP contribution in [-0.2, 0) is 4.74 Å². The van der Waals surface area contributed by atoms with Crippen LogP contribution in [0.4, 0.5) is 16.2 Å². The molecule has 6 nitrogen and oxygen atoms in total.